The van der Waals surface area contributed by atoms with Gasteiger partial charge in [-0.2, -0.15) is 0 Å². The molecule has 0 aliphatic carbocycles. The lowest BCUT2D eigenvalue weighted by atomic mass is 9.99. The van der Waals surface area contributed by atoms with Crippen LogP contribution in [0.4, 0.5) is 4.79 Å². The summed E-state index contributed by atoms with van der Waals surface area (Å²) >= 11 is 0. The molecule has 1 atom stereocenters. The van der Waals surface area contributed by atoms with Crippen molar-refractivity contribution in [3.63, 3.8) is 0 Å². The molecular formula is C18H30N6O3. The average molecular weight is 378 g/mol. The van der Waals surface area contributed by atoms with Crippen LogP contribution in [0.15, 0.2) is 15.6 Å². The number of nitrogens with zero attached hydrogens (tertiary/aromatic N) is 3. The van der Waals surface area contributed by atoms with E-state index in [0.29, 0.717) is 44.4 Å². The van der Waals surface area contributed by atoms with Gasteiger partial charge in [-0.15, -0.1) is 0 Å². The molecular weight excluding hydrogens is 348 g/mol. The normalized spacial score (nSPS) is 20.4. The fourth-order valence-electron chi connectivity index (χ4n) is 2.71. The van der Waals surface area contributed by atoms with Crippen molar-refractivity contribution in [3.8, 4) is 0 Å². The van der Waals surface area contributed by atoms with Gasteiger partial charge in [-0.3, -0.25) is 14.7 Å². The van der Waals surface area contributed by atoms with E-state index in [1.54, 1.807) is 14.0 Å². The Hall–Kier alpha value is -2.58. The number of carbonyl (C=O) groups excluding carboxylic acids is 2. The molecule has 2 rings (SSSR count). The van der Waals surface area contributed by atoms with E-state index in [-0.39, 0.29) is 11.9 Å². The Labute approximate surface area is 159 Å². The van der Waals surface area contributed by atoms with E-state index in [0.717, 1.165) is 11.5 Å². The Bertz CT molecular complexity index is 699. The van der Waals surface area contributed by atoms with Gasteiger partial charge in [0, 0.05) is 26.2 Å². The molecule has 9 nitrogen and oxygen atoms in total. The largest absolute Gasteiger partial charge is 0.359 e. The van der Waals surface area contributed by atoms with Crippen molar-refractivity contribution >= 4 is 17.9 Å². The molecule has 0 bridgehead atoms. The third-order valence-electron chi connectivity index (χ3n) is 4.73. The number of aromatic nitrogens is 1. The molecule has 1 aliphatic heterocycles. The smallest absolute Gasteiger partial charge is 0.325 e. The number of guanidine groups is 1. The molecule has 1 fully saturated rings. The molecule has 0 radical (unpaired) electrons. The third kappa shape index (κ3) is 4.99. The zero-order chi connectivity index (χ0) is 20.0. The van der Waals surface area contributed by atoms with Gasteiger partial charge in [0.2, 0.25) is 0 Å². The summed E-state index contributed by atoms with van der Waals surface area (Å²) in [6.07, 6.45) is 1.20. The van der Waals surface area contributed by atoms with Crippen molar-refractivity contribution in [1.82, 2.24) is 26.0 Å². The number of imide groups is 1. The summed E-state index contributed by atoms with van der Waals surface area (Å²) in [6.45, 7) is 9.18. The van der Waals surface area contributed by atoms with Gasteiger partial charge in [0.15, 0.2) is 11.7 Å². The second-order valence-corrected chi connectivity index (χ2v) is 7.15. The first kappa shape index (κ1) is 20.7. The molecule has 2 heterocycles. The highest BCUT2D eigenvalue weighted by molar-refractivity contribution is 6.06. The molecule has 1 unspecified atom stereocenters. The van der Waals surface area contributed by atoms with Crippen LogP contribution in [0.25, 0.3) is 0 Å². The van der Waals surface area contributed by atoms with Gasteiger partial charge in [-0.1, -0.05) is 25.9 Å². The van der Waals surface area contributed by atoms with Crippen molar-refractivity contribution in [3.05, 3.63) is 17.5 Å². The van der Waals surface area contributed by atoms with Crippen molar-refractivity contribution in [1.29, 1.82) is 0 Å². The molecule has 9 heteroatoms. The summed E-state index contributed by atoms with van der Waals surface area (Å²) in [5.74, 6) is 1.51. The Balaban J connectivity index is 1.73. The highest BCUT2D eigenvalue weighted by Gasteiger charge is 2.45. The monoisotopic (exact) mass is 378 g/mol. The number of urea groups is 1. The minimum Gasteiger partial charge on any atom is -0.359 e. The first-order valence-electron chi connectivity index (χ1n) is 9.34. The maximum atomic E-state index is 12.3. The predicted molar refractivity (Wildman–Crippen MR) is 102 cm³/mol. The number of nitrogens with one attached hydrogen (secondary N) is 3. The summed E-state index contributed by atoms with van der Waals surface area (Å²) in [6, 6.07) is 1.60. The van der Waals surface area contributed by atoms with Gasteiger partial charge >= 0.3 is 6.03 Å². The van der Waals surface area contributed by atoms with Crippen molar-refractivity contribution in [2.75, 3.05) is 20.1 Å². The van der Waals surface area contributed by atoms with E-state index >= 15 is 0 Å². The minimum absolute atomic E-state index is 0.163. The molecule has 1 aromatic heterocycles. The van der Waals surface area contributed by atoms with E-state index in [1.165, 1.54) is 4.90 Å². The second-order valence-electron chi connectivity index (χ2n) is 7.15. The lowest BCUT2D eigenvalue weighted by Crippen LogP contribution is -2.43. The number of carbonyl (C=O) groups is 2. The van der Waals surface area contributed by atoms with Gasteiger partial charge < -0.3 is 20.5 Å². The fraction of sp³-hybridized carbons (Fsp3) is 0.667. The first-order valence-corrected chi connectivity index (χ1v) is 9.34. The summed E-state index contributed by atoms with van der Waals surface area (Å²) in [4.78, 5) is 29.7. The molecule has 0 saturated carbocycles. The predicted octanol–water partition coefficient (Wildman–Crippen LogP) is 1.57. The van der Waals surface area contributed by atoms with E-state index in [4.69, 9.17) is 4.52 Å². The molecule has 150 valence electrons. The Morgan fingerprint density at radius 2 is 2.15 bits per heavy atom. The van der Waals surface area contributed by atoms with Crippen molar-refractivity contribution in [2.24, 2.45) is 4.99 Å². The number of aliphatic imine (C=N–C) groups is 1. The highest BCUT2D eigenvalue weighted by Crippen LogP contribution is 2.20. The SMILES string of the molecule is CCC1(C)NC(=O)N(CCCNC(=NC)NCc2cc(C(C)C)no2)C1=O. The molecule has 3 amide bonds. The first-order chi connectivity index (χ1) is 12.8. The van der Waals surface area contributed by atoms with Gasteiger partial charge in [0.25, 0.3) is 5.91 Å². The quantitative estimate of drug-likeness (QED) is 0.274. The van der Waals surface area contributed by atoms with Gasteiger partial charge in [0.05, 0.1) is 12.2 Å². The number of hydrogen-bond acceptors (Lipinski definition) is 5. The minimum atomic E-state index is -0.784. The van der Waals surface area contributed by atoms with Crippen LogP contribution in [0.5, 0.6) is 0 Å². The molecule has 0 aromatic carbocycles. The second kappa shape index (κ2) is 8.88. The van der Waals surface area contributed by atoms with Crippen LogP contribution < -0.4 is 16.0 Å². The maximum absolute atomic E-state index is 12.3. The Morgan fingerprint density at radius 1 is 1.41 bits per heavy atom. The van der Waals surface area contributed by atoms with Crippen LogP contribution in [-0.4, -0.2) is 53.6 Å². The topological polar surface area (TPSA) is 112 Å². The van der Waals surface area contributed by atoms with E-state index in [2.05, 4.69) is 39.9 Å². The van der Waals surface area contributed by atoms with Crippen molar-refractivity contribution in [2.45, 2.75) is 58.5 Å². The molecule has 1 aliphatic rings. The highest BCUT2D eigenvalue weighted by atomic mass is 16.5. The standard InChI is InChI=1S/C18H30N6O3/c1-6-18(4)15(25)24(17(26)22-18)9-7-8-20-16(19-5)21-11-13-10-14(12(2)3)23-27-13/h10,12H,6-9,11H2,1-5H3,(H,22,26)(H2,19,20,21). The molecule has 1 saturated heterocycles. The van der Waals surface area contributed by atoms with Crippen molar-refractivity contribution < 1.29 is 14.1 Å². The number of rotatable bonds is 8. The number of amides is 3. The zero-order valence-electron chi connectivity index (χ0n) is 16.8. The summed E-state index contributed by atoms with van der Waals surface area (Å²) in [7, 11) is 1.68. The Kier molecular flexibility index (Phi) is 6.81. The van der Waals surface area contributed by atoms with Crippen LogP contribution >= 0.6 is 0 Å². The third-order valence-corrected chi connectivity index (χ3v) is 4.73. The zero-order valence-corrected chi connectivity index (χ0v) is 16.8. The molecule has 1 aromatic rings. The summed E-state index contributed by atoms with van der Waals surface area (Å²) in [5, 5.41) is 13.1. The number of hydrogen-bond donors (Lipinski definition) is 3. The van der Waals surface area contributed by atoms with E-state index < -0.39 is 5.54 Å². The summed E-state index contributed by atoms with van der Waals surface area (Å²) in [5.41, 5.74) is 0.135. The van der Waals surface area contributed by atoms with Crippen LogP contribution in [0.3, 0.4) is 0 Å². The van der Waals surface area contributed by atoms with Gasteiger partial charge in [0.1, 0.15) is 5.54 Å². The molecule has 27 heavy (non-hydrogen) atoms. The molecule has 3 N–H and O–H groups in total. The van der Waals surface area contributed by atoms with Gasteiger partial charge in [-0.05, 0) is 25.7 Å². The lowest BCUT2D eigenvalue weighted by Gasteiger charge is -2.19. The van der Waals surface area contributed by atoms with E-state index in [1.807, 2.05) is 13.0 Å². The van der Waals surface area contributed by atoms with Gasteiger partial charge in [-0.25, -0.2) is 4.79 Å². The summed E-state index contributed by atoms with van der Waals surface area (Å²) < 4.78 is 5.28. The maximum Gasteiger partial charge on any atom is 0.325 e. The van der Waals surface area contributed by atoms with Crippen LogP contribution in [-0.2, 0) is 11.3 Å². The fourth-order valence-corrected chi connectivity index (χ4v) is 2.71. The van der Waals surface area contributed by atoms with Crippen LogP contribution in [0, 0.1) is 0 Å². The van der Waals surface area contributed by atoms with Crippen LogP contribution in [0.1, 0.15) is 57.9 Å². The lowest BCUT2D eigenvalue weighted by molar-refractivity contribution is -0.130. The van der Waals surface area contributed by atoms with Crippen LogP contribution in [0.2, 0.25) is 0 Å². The Morgan fingerprint density at radius 3 is 2.70 bits per heavy atom. The average Bonchev–Trinajstić information content (AvgIpc) is 3.19. The van der Waals surface area contributed by atoms with E-state index in [9.17, 15) is 9.59 Å². The molecule has 0 spiro atoms.